The number of carbonyl (C=O) groups is 2. The molecule has 0 unspecified atom stereocenters. The van der Waals surface area contributed by atoms with Crippen molar-refractivity contribution >= 4 is 12.2 Å². The number of amides is 2. The molecule has 0 aliphatic carbocycles. The Morgan fingerprint density at radius 3 is 1.73 bits per heavy atom. The Bertz CT molecular complexity index is 432. The summed E-state index contributed by atoms with van der Waals surface area (Å²) in [6.45, 7) is 16.2. The standard InChI is InChI=1S/C16H30N2O4/c1-14(2,3)21-12(19)17-9-10-18(16(7,8)11-17)13(20)22-15(4,5)6/h9-11H2,1-8H3. The Hall–Kier alpha value is -1.46. The largest absolute Gasteiger partial charge is 0.444 e. The van der Waals surface area contributed by atoms with Crippen molar-refractivity contribution in [2.75, 3.05) is 19.6 Å². The van der Waals surface area contributed by atoms with Gasteiger partial charge in [0.25, 0.3) is 0 Å². The lowest BCUT2D eigenvalue weighted by molar-refractivity contribution is -0.0331. The minimum atomic E-state index is -0.532. The van der Waals surface area contributed by atoms with Crippen molar-refractivity contribution in [3.8, 4) is 0 Å². The quantitative estimate of drug-likeness (QED) is 0.688. The topological polar surface area (TPSA) is 59.1 Å². The molecule has 22 heavy (non-hydrogen) atoms. The van der Waals surface area contributed by atoms with Crippen molar-refractivity contribution in [1.29, 1.82) is 0 Å². The maximum atomic E-state index is 12.3. The van der Waals surface area contributed by atoms with Crippen LogP contribution < -0.4 is 0 Å². The average molecular weight is 314 g/mol. The number of carbonyl (C=O) groups excluding carboxylic acids is 2. The number of rotatable bonds is 0. The van der Waals surface area contributed by atoms with Gasteiger partial charge in [-0.3, -0.25) is 4.90 Å². The van der Waals surface area contributed by atoms with Crippen molar-refractivity contribution in [2.24, 2.45) is 0 Å². The number of hydrogen-bond donors (Lipinski definition) is 0. The highest BCUT2D eigenvalue weighted by molar-refractivity contribution is 5.71. The third-order valence-electron chi connectivity index (χ3n) is 3.17. The molecule has 0 bridgehead atoms. The summed E-state index contributed by atoms with van der Waals surface area (Å²) in [4.78, 5) is 27.8. The first-order chi connectivity index (χ1) is 9.71. The van der Waals surface area contributed by atoms with E-state index in [-0.39, 0.29) is 12.2 Å². The Kier molecular flexibility index (Phi) is 5.04. The van der Waals surface area contributed by atoms with E-state index in [4.69, 9.17) is 9.47 Å². The normalized spacial score (nSPS) is 18.9. The molecule has 0 aromatic rings. The van der Waals surface area contributed by atoms with Gasteiger partial charge in [0.2, 0.25) is 0 Å². The Labute approximate surface area is 133 Å². The van der Waals surface area contributed by atoms with Gasteiger partial charge in [-0.25, -0.2) is 9.59 Å². The summed E-state index contributed by atoms with van der Waals surface area (Å²) in [6, 6.07) is 0. The van der Waals surface area contributed by atoms with Crippen LogP contribution in [-0.4, -0.2) is 58.4 Å². The number of hydrogen-bond acceptors (Lipinski definition) is 4. The van der Waals surface area contributed by atoms with E-state index in [1.54, 1.807) is 9.80 Å². The van der Waals surface area contributed by atoms with E-state index in [1.807, 2.05) is 55.4 Å². The van der Waals surface area contributed by atoms with Gasteiger partial charge in [-0.2, -0.15) is 0 Å². The van der Waals surface area contributed by atoms with Crippen LogP contribution in [0.25, 0.3) is 0 Å². The molecule has 1 heterocycles. The third-order valence-corrected chi connectivity index (χ3v) is 3.17. The molecular formula is C16H30N2O4. The minimum absolute atomic E-state index is 0.343. The molecule has 6 nitrogen and oxygen atoms in total. The molecule has 0 aromatic heterocycles. The van der Waals surface area contributed by atoms with Crippen LogP contribution in [0, 0.1) is 0 Å². The van der Waals surface area contributed by atoms with E-state index in [0.29, 0.717) is 19.6 Å². The zero-order valence-corrected chi connectivity index (χ0v) is 15.1. The fraction of sp³-hybridized carbons (Fsp3) is 0.875. The van der Waals surface area contributed by atoms with Gasteiger partial charge in [-0.15, -0.1) is 0 Å². The van der Waals surface area contributed by atoms with E-state index < -0.39 is 16.7 Å². The van der Waals surface area contributed by atoms with Crippen LogP contribution in [0.5, 0.6) is 0 Å². The summed E-state index contributed by atoms with van der Waals surface area (Å²) < 4.78 is 10.8. The summed E-state index contributed by atoms with van der Waals surface area (Å²) in [5.41, 5.74) is -1.56. The molecule has 0 radical (unpaired) electrons. The second-order valence-corrected chi connectivity index (χ2v) is 8.35. The average Bonchev–Trinajstić information content (AvgIpc) is 2.22. The van der Waals surface area contributed by atoms with Crippen molar-refractivity contribution in [3.05, 3.63) is 0 Å². The van der Waals surface area contributed by atoms with E-state index in [0.717, 1.165) is 0 Å². The summed E-state index contributed by atoms with van der Waals surface area (Å²) in [7, 11) is 0. The second-order valence-electron chi connectivity index (χ2n) is 8.35. The number of piperazine rings is 1. The molecule has 2 amide bonds. The van der Waals surface area contributed by atoms with E-state index >= 15 is 0 Å². The Morgan fingerprint density at radius 1 is 0.864 bits per heavy atom. The highest BCUT2D eigenvalue weighted by Crippen LogP contribution is 2.25. The number of ether oxygens (including phenoxy) is 2. The highest BCUT2D eigenvalue weighted by atomic mass is 16.6. The van der Waals surface area contributed by atoms with E-state index in [2.05, 4.69) is 0 Å². The number of nitrogens with zero attached hydrogens (tertiary/aromatic N) is 2. The SMILES string of the molecule is CC(C)(C)OC(=O)N1CCN(C(=O)OC(C)(C)C)C(C)(C)C1. The molecular weight excluding hydrogens is 284 g/mol. The monoisotopic (exact) mass is 314 g/mol. The maximum Gasteiger partial charge on any atom is 0.410 e. The first-order valence-corrected chi connectivity index (χ1v) is 7.70. The first-order valence-electron chi connectivity index (χ1n) is 7.70. The molecule has 1 fully saturated rings. The van der Waals surface area contributed by atoms with Gasteiger partial charge in [0.15, 0.2) is 0 Å². The van der Waals surface area contributed by atoms with E-state index in [1.165, 1.54) is 0 Å². The predicted molar refractivity (Wildman–Crippen MR) is 84.8 cm³/mol. The zero-order chi connectivity index (χ0) is 17.3. The lowest BCUT2D eigenvalue weighted by Crippen LogP contribution is -2.63. The maximum absolute atomic E-state index is 12.3. The van der Waals surface area contributed by atoms with Crippen LogP contribution in [0.15, 0.2) is 0 Å². The minimum Gasteiger partial charge on any atom is -0.444 e. The van der Waals surface area contributed by atoms with Crippen LogP contribution in [0.2, 0.25) is 0 Å². The van der Waals surface area contributed by atoms with Crippen LogP contribution in [0.4, 0.5) is 9.59 Å². The van der Waals surface area contributed by atoms with Crippen LogP contribution in [0.1, 0.15) is 55.4 Å². The van der Waals surface area contributed by atoms with Gasteiger partial charge in [-0.1, -0.05) is 0 Å². The highest BCUT2D eigenvalue weighted by Gasteiger charge is 2.41. The molecule has 6 heteroatoms. The fourth-order valence-corrected chi connectivity index (χ4v) is 2.29. The van der Waals surface area contributed by atoms with Gasteiger partial charge in [-0.05, 0) is 55.4 Å². The summed E-state index contributed by atoms with van der Waals surface area (Å²) >= 11 is 0. The van der Waals surface area contributed by atoms with Gasteiger partial charge in [0.1, 0.15) is 11.2 Å². The predicted octanol–water partition coefficient (Wildman–Crippen LogP) is 3.25. The Balaban J connectivity index is 2.73. The van der Waals surface area contributed by atoms with Crippen LogP contribution in [0.3, 0.4) is 0 Å². The molecule has 0 saturated carbocycles. The molecule has 1 aliphatic rings. The molecule has 1 saturated heterocycles. The molecule has 0 N–H and O–H groups in total. The molecule has 0 atom stereocenters. The molecule has 0 aromatic carbocycles. The fourth-order valence-electron chi connectivity index (χ4n) is 2.29. The summed E-state index contributed by atoms with van der Waals surface area (Å²) in [5, 5.41) is 0. The molecule has 1 rings (SSSR count). The van der Waals surface area contributed by atoms with Gasteiger partial charge in [0, 0.05) is 19.6 Å². The smallest absolute Gasteiger partial charge is 0.410 e. The van der Waals surface area contributed by atoms with Crippen molar-refractivity contribution < 1.29 is 19.1 Å². The lowest BCUT2D eigenvalue weighted by atomic mass is 9.99. The Morgan fingerprint density at radius 2 is 1.32 bits per heavy atom. The van der Waals surface area contributed by atoms with Crippen LogP contribution >= 0.6 is 0 Å². The second kappa shape index (κ2) is 5.97. The molecule has 128 valence electrons. The zero-order valence-electron chi connectivity index (χ0n) is 15.1. The lowest BCUT2D eigenvalue weighted by Gasteiger charge is -2.46. The first kappa shape index (κ1) is 18.6. The van der Waals surface area contributed by atoms with E-state index in [9.17, 15) is 9.59 Å². The molecule has 1 aliphatic heterocycles. The van der Waals surface area contributed by atoms with Gasteiger partial charge in [0.05, 0.1) is 5.54 Å². The van der Waals surface area contributed by atoms with Gasteiger partial charge >= 0.3 is 12.2 Å². The third kappa shape index (κ3) is 5.39. The van der Waals surface area contributed by atoms with Crippen molar-refractivity contribution in [1.82, 2.24) is 9.80 Å². The van der Waals surface area contributed by atoms with Crippen molar-refractivity contribution in [3.63, 3.8) is 0 Å². The summed E-state index contributed by atoms with van der Waals surface area (Å²) in [6.07, 6.45) is -0.689. The molecule has 0 spiro atoms. The van der Waals surface area contributed by atoms with Crippen molar-refractivity contribution in [2.45, 2.75) is 72.1 Å². The van der Waals surface area contributed by atoms with Gasteiger partial charge < -0.3 is 14.4 Å². The van der Waals surface area contributed by atoms with Crippen LogP contribution in [-0.2, 0) is 9.47 Å². The summed E-state index contributed by atoms with van der Waals surface area (Å²) in [5.74, 6) is 0.